The highest BCUT2D eigenvalue weighted by atomic mass is 35.5. The van der Waals surface area contributed by atoms with Gasteiger partial charge in [-0.15, -0.1) is 0 Å². The van der Waals surface area contributed by atoms with Crippen molar-refractivity contribution in [3.63, 3.8) is 0 Å². The van der Waals surface area contributed by atoms with Gasteiger partial charge in [0.15, 0.2) is 0 Å². The van der Waals surface area contributed by atoms with E-state index in [4.69, 9.17) is 22.1 Å². The van der Waals surface area contributed by atoms with Crippen LogP contribution in [0.3, 0.4) is 0 Å². The predicted molar refractivity (Wildman–Crippen MR) is 71.7 cm³/mol. The van der Waals surface area contributed by atoms with E-state index in [1.807, 2.05) is 18.2 Å². The molecule has 0 saturated heterocycles. The number of halogens is 1. The minimum Gasteiger partial charge on any atom is -0.493 e. The third-order valence-corrected chi connectivity index (χ3v) is 3.62. The third-order valence-electron chi connectivity index (χ3n) is 3.39. The van der Waals surface area contributed by atoms with Gasteiger partial charge in [0, 0.05) is 5.02 Å². The number of hydrogen-bond donors (Lipinski definition) is 1. The van der Waals surface area contributed by atoms with E-state index < -0.39 is 0 Å². The van der Waals surface area contributed by atoms with Crippen LogP contribution in [0.5, 0.6) is 5.75 Å². The number of rotatable bonds is 5. The molecule has 1 aromatic carbocycles. The molecule has 0 unspecified atom stereocenters. The first-order valence-corrected chi connectivity index (χ1v) is 6.78. The fraction of sp³-hybridized carbons (Fsp3) is 0.571. The lowest BCUT2D eigenvalue weighted by atomic mass is 10.1. The van der Waals surface area contributed by atoms with Gasteiger partial charge in [0.1, 0.15) is 5.75 Å². The van der Waals surface area contributed by atoms with Crippen LogP contribution in [0.15, 0.2) is 18.2 Å². The second-order valence-electron chi connectivity index (χ2n) is 4.75. The Hall–Kier alpha value is -0.730. The Labute approximate surface area is 108 Å². The fourth-order valence-electron chi connectivity index (χ4n) is 2.42. The van der Waals surface area contributed by atoms with E-state index in [1.54, 1.807) is 0 Å². The summed E-state index contributed by atoms with van der Waals surface area (Å²) in [5.41, 5.74) is 6.72. The van der Waals surface area contributed by atoms with E-state index in [9.17, 15) is 0 Å². The van der Waals surface area contributed by atoms with Crippen molar-refractivity contribution in [1.82, 2.24) is 0 Å². The summed E-state index contributed by atoms with van der Waals surface area (Å²) < 4.78 is 5.91. The molecule has 0 aromatic heterocycles. The van der Waals surface area contributed by atoms with Crippen LogP contribution in [0.1, 0.15) is 31.2 Å². The van der Waals surface area contributed by atoms with Gasteiger partial charge >= 0.3 is 0 Å². The molecule has 0 bridgehead atoms. The second-order valence-corrected chi connectivity index (χ2v) is 5.19. The van der Waals surface area contributed by atoms with Gasteiger partial charge in [-0.2, -0.15) is 0 Å². The predicted octanol–water partition coefficient (Wildman–Crippen LogP) is 3.41. The molecule has 0 radical (unpaired) electrons. The van der Waals surface area contributed by atoms with Gasteiger partial charge in [0.05, 0.1) is 6.61 Å². The van der Waals surface area contributed by atoms with Crippen LogP contribution in [0, 0.1) is 5.92 Å². The van der Waals surface area contributed by atoms with Crippen molar-refractivity contribution >= 4 is 11.6 Å². The molecule has 1 saturated carbocycles. The number of hydrogen-bond acceptors (Lipinski definition) is 2. The molecule has 0 spiro atoms. The number of benzene rings is 1. The normalized spacial score (nSPS) is 16.4. The Balaban J connectivity index is 1.98. The Morgan fingerprint density at radius 2 is 2.06 bits per heavy atom. The molecule has 1 aromatic rings. The summed E-state index contributed by atoms with van der Waals surface area (Å²) in [5, 5.41) is 0.752. The summed E-state index contributed by atoms with van der Waals surface area (Å²) in [6.45, 7) is 1.46. The topological polar surface area (TPSA) is 35.2 Å². The highest BCUT2D eigenvalue weighted by molar-refractivity contribution is 6.30. The number of ether oxygens (including phenoxy) is 1. The molecule has 1 aliphatic rings. The Morgan fingerprint density at radius 3 is 2.76 bits per heavy atom. The minimum atomic E-state index is 0.625. The lowest BCUT2D eigenvalue weighted by Gasteiger charge is -2.14. The highest BCUT2D eigenvalue weighted by Gasteiger charge is 2.16. The molecule has 3 heteroatoms. The first-order valence-electron chi connectivity index (χ1n) is 6.41. The molecule has 0 amide bonds. The van der Waals surface area contributed by atoms with Gasteiger partial charge in [0.25, 0.3) is 0 Å². The van der Waals surface area contributed by atoms with Gasteiger partial charge < -0.3 is 10.5 Å². The molecular weight excluding hydrogens is 234 g/mol. The smallest absolute Gasteiger partial charge is 0.122 e. The molecule has 0 heterocycles. The number of nitrogens with two attached hydrogens (primary N) is 1. The molecule has 2 nitrogen and oxygen atoms in total. The van der Waals surface area contributed by atoms with E-state index in [2.05, 4.69) is 0 Å². The van der Waals surface area contributed by atoms with Crippen LogP contribution in [-0.4, -0.2) is 13.2 Å². The van der Waals surface area contributed by atoms with Gasteiger partial charge in [-0.05, 0) is 55.5 Å². The van der Waals surface area contributed by atoms with Crippen LogP contribution >= 0.6 is 11.6 Å². The molecule has 0 aliphatic heterocycles. The molecule has 1 fully saturated rings. The fourth-order valence-corrected chi connectivity index (χ4v) is 2.62. The van der Waals surface area contributed by atoms with Crippen molar-refractivity contribution in [2.45, 2.75) is 32.1 Å². The second kappa shape index (κ2) is 6.27. The average Bonchev–Trinajstić information content (AvgIpc) is 2.81. The van der Waals surface area contributed by atoms with Crippen molar-refractivity contribution in [2.75, 3.05) is 13.2 Å². The van der Waals surface area contributed by atoms with Crippen molar-refractivity contribution < 1.29 is 4.74 Å². The quantitative estimate of drug-likeness (QED) is 0.873. The van der Waals surface area contributed by atoms with Crippen LogP contribution in [0.25, 0.3) is 0 Å². The Bertz CT molecular complexity index is 361. The Morgan fingerprint density at radius 1 is 1.29 bits per heavy atom. The zero-order chi connectivity index (χ0) is 12.1. The Kier molecular flexibility index (Phi) is 4.69. The first kappa shape index (κ1) is 12.7. The molecule has 1 aliphatic carbocycles. The lowest BCUT2D eigenvalue weighted by Crippen LogP contribution is -2.10. The van der Waals surface area contributed by atoms with Crippen molar-refractivity contribution in [3.05, 3.63) is 28.8 Å². The summed E-state index contributed by atoms with van der Waals surface area (Å²) in [5.74, 6) is 1.68. The summed E-state index contributed by atoms with van der Waals surface area (Å²) in [6.07, 6.45) is 6.13. The average molecular weight is 254 g/mol. The summed E-state index contributed by atoms with van der Waals surface area (Å²) in [4.78, 5) is 0. The van der Waals surface area contributed by atoms with Crippen LogP contribution < -0.4 is 10.5 Å². The van der Waals surface area contributed by atoms with Crippen LogP contribution in [0.2, 0.25) is 5.02 Å². The van der Waals surface area contributed by atoms with Crippen molar-refractivity contribution in [2.24, 2.45) is 11.7 Å². The maximum absolute atomic E-state index is 5.98. The monoisotopic (exact) mass is 253 g/mol. The molecular formula is C14H20ClNO. The van der Waals surface area contributed by atoms with Gasteiger partial charge in [-0.3, -0.25) is 0 Å². The molecule has 94 valence electrons. The van der Waals surface area contributed by atoms with Crippen LogP contribution in [-0.2, 0) is 6.42 Å². The van der Waals surface area contributed by atoms with E-state index in [-0.39, 0.29) is 0 Å². The zero-order valence-corrected chi connectivity index (χ0v) is 10.9. The molecule has 2 rings (SSSR count). The largest absolute Gasteiger partial charge is 0.493 e. The van der Waals surface area contributed by atoms with E-state index >= 15 is 0 Å². The standard InChI is InChI=1S/C14H20ClNO/c15-13-5-6-14(12(9-13)7-8-16)17-10-11-3-1-2-4-11/h5-6,9,11H,1-4,7-8,10,16H2. The first-order chi connectivity index (χ1) is 8.29. The van der Waals surface area contributed by atoms with Crippen molar-refractivity contribution in [3.8, 4) is 5.75 Å². The van der Waals surface area contributed by atoms with Crippen molar-refractivity contribution in [1.29, 1.82) is 0 Å². The summed E-state index contributed by atoms with van der Waals surface area (Å²) in [6, 6.07) is 5.80. The van der Waals surface area contributed by atoms with E-state index in [0.717, 1.165) is 35.3 Å². The lowest BCUT2D eigenvalue weighted by molar-refractivity contribution is 0.250. The van der Waals surface area contributed by atoms with Gasteiger partial charge in [0.2, 0.25) is 0 Å². The van der Waals surface area contributed by atoms with E-state index in [0.29, 0.717) is 6.54 Å². The summed E-state index contributed by atoms with van der Waals surface area (Å²) in [7, 11) is 0. The molecule has 17 heavy (non-hydrogen) atoms. The third kappa shape index (κ3) is 3.62. The van der Waals surface area contributed by atoms with E-state index in [1.165, 1.54) is 25.7 Å². The molecule has 2 N–H and O–H groups in total. The molecule has 0 atom stereocenters. The summed E-state index contributed by atoms with van der Waals surface area (Å²) >= 11 is 5.98. The highest BCUT2D eigenvalue weighted by Crippen LogP contribution is 2.28. The van der Waals surface area contributed by atoms with Gasteiger partial charge in [-0.25, -0.2) is 0 Å². The maximum atomic E-state index is 5.98. The zero-order valence-electron chi connectivity index (χ0n) is 10.1. The SMILES string of the molecule is NCCc1cc(Cl)ccc1OCC1CCCC1. The maximum Gasteiger partial charge on any atom is 0.122 e. The van der Waals surface area contributed by atoms with Crippen LogP contribution in [0.4, 0.5) is 0 Å². The minimum absolute atomic E-state index is 0.625. The van der Waals surface area contributed by atoms with Gasteiger partial charge in [-0.1, -0.05) is 24.4 Å².